The Kier molecular flexibility index (Phi) is 7.28. The molecule has 8 nitrogen and oxygen atoms in total. The molecule has 2 aromatic rings. The van der Waals surface area contributed by atoms with Gasteiger partial charge in [0.1, 0.15) is 25.0 Å². The normalized spacial score (nSPS) is 17.9. The highest BCUT2D eigenvalue weighted by atomic mass is 16.5. The lowest BCUT2D eigenvalue weighted by Crippen LogP contribution is -2.45. The number of hydrogen-bond donors (Lipinski definition) is 2. The van der Waals surface area contributed by atoms with Gasteiger partial charge < -0.3 is 25.0 Å². The van der Waals surface area contributed by atoms with Crippen molar-refractivity contribution in [1.82, 2.24) is 15.5 Å². The van der Waals surface area contributed by atoms with E-state index in [1.54, 1.807) is 11.0 Å². The standard InChI is InChI=1S/C27H33N3O5/c1-27(2,3)29-26(33)35-17-19-12-10-18(11-13-19)16-34-23-9-6-7-20-21(23)15-30(25(20)32)22-8-4-5-14-28-24(22)31/h6-7,9-13,22H,4-5,8,14-17H2,1-3H3,(H,28,31)(H,29,33)/t22-/m0/s1. The Labute approximate surface area is 206 Å². The molecule has 35 heavy (non-hydrogen) atoms. The van der Waals surface area contributed by atoms with E-state index in [9.17, 15) is 14.4 Å². The Morgan fingerprint density at radius 2 is 1.77 bits per heavy atom. The van der Waals surface area contributed by atoms with Gasteiger partial charge in [-0.15, -0.1) is 0 Å². The molecule has 8 heteroatoms. The van der Waals surface area contributed by atoms with E-state index in [-0.39, 0.29) is 24.0 Å². The highest BCUT2D eigenvalue weighted by molar-refractivity contribution is 6.01. The number of benzene rings is 2. The van der Waals surface area contributed by atoms with Crippen molar-refractivity contribution in [2.75, 3.05) is 6.54 Å². The summed E-state index contributed by atoms with van der Waals surface area (Å²) in [7, 11) is 0. The molecular weight excluding hydrogens is 446 g/mol. The van der Waals surface area contributed by atoms with Gasteiger partial charge in [0.25, 0.3) is 5.91 Å². The van der Waals surface area contributed by atoms with Gasteiger partial charge in [-0.3, -0.25) is 9.59 Å². The predicted molar refractivity (Wildman–Crippen MR) is 131 cm³/mol. The molecule has 1 fully saturated rings. The van der Waals surface area contributed by atoms with Gasteiger partial charge in [0, 0.05) is 23.2 Å². The zero-order chi connectivity index (χ0) is 25.0. The van der Waals surface area contributed by atoms with Crippen LogP contribution in [0.4, 0.5) is 4.79 Å². The van der Waals surface area contributed by atoms with Crippen LogP contribution in [0.3, 0.4) is 0 Å². The average Bonchev–Trinajstić information content (AvgIpc) is 2.99. The van der Waals surface area contributed by atoms with Gasteiger partial charge in [-0.25, -0.2) is 4.79 Å². The van der Waals surface area contributed by atoms with Crippen molar-refractivity contribution in [3.63, 3.8) is 0 Å². The number of rotatable bonds is 6. The molecule has 0 unspecified atom stereocenters. The van der Waals surface area contributed by atoms with E-state index in [1.165, 1.54) is 0 Å². The highest BCUT2D eigenvalue weighted by Gasteiger charge is 2.38. The smallest absolute Gasteiger partial charge is 0.407 e. The zero-order valence-corrected chi connectivity index (χ0v) is 20.6. The third-order valence-electron chi connectivity index (χ3n) is 6.10. The summed E-state index contributed by atoms with van der Waals surface area (Å²) < 4.78 is 11.4. The molecule has 3 amide bonds. The third kappa shape index (κ3) is 6.12. The van der Waals surface area contributed by atoms with Crippen molar-refractivity contribution in [3.8, 4) is 5.75 Å². The van der Waals surface area contributed by atoms with Crippen LogP contribution >= 0.6 is 0 Å². The molecule has 0 aliphatic carbocycles. The van der Waals surface area contributed by atoms with E-state index in [4.69, 9.17) is 9.47 Å². The molecule has 1 saturated heterocycles. The first-order chi connectivity index (χ1) is 16.7. The minimum Gasteiger partial charge on any atom is -0.489 e. The molecule has 2 aliphatic heterocycles. The fraction of sp³-hybridized carbons (Fsp3) is 0.444. The lowest BCUT2D eigenvalue weighted by molar-refractivity contribution is -0.125. The second kappa shape index (κ2) is 10.4. The number of hydrogen-bond acceptors (Lipinski definition) is 5. The zero-order valence-electron chi connectivity index (χ0n) is 20.6. The summed E-state index contributed by atoms with van der Waals surface area (Å²) in [5.74, 6) is 0.456. The lowest BCUT2D eigenvalue weighted by Gasteiger charge is -2.25. The summed E-state index contributed by atoms with van der Waals surface area (Å²) in [5.41, 5.74) is 2.90. The molecule has 0 aromatic heterocycles. The molecule has 0 radical (unpaired) electrons. The first kappa shape index (κ1) is 24.6. The molecule has 2 aliphatic rings. The summed E-state index contributed by atoms with van der Waals surface area (Å²) in [6.07, 6.45) is 2.07. The molecule has 186 valence electrons. The van der Waals surface area contributed by atoms with Crippen LogP contribution in [0.1, 0.15) is 67.1 Å². The Morgan fingerprint density at radius 1 is 1.06 bits per heavy atom. The van der Waals surface area contributed by atoms with E-state index in [1.807, 2.05) is 57.2 Å². The summed E-state index contributed by atoms with van der Waals surface area (Å²) in [6.45, 7) is 7.23. The molecule has 4 rings (SSSR count). The second-order valence-electron chi connectivity index (χ2n) is 10.1. The van der Waals surface area contributed by atoms with Gasteiger partial charge in [0.2, 0.25) is 5.91 Å². The van der Waals surface area contributed by atoms with Crippen molar-refractivity contribution in [1.29, 1.82) is 0 Å². The van der Waals surface area contributed by atoms with Gasteiger partial charge in [0.05, 0.1) is 6.54 Å². The molecule has 0 bridgehead atoms. The van der Waals surface area contributed by atoms with E-state index in [0.717, 1.165) is 29.5 Å². The molecule has 2 heterocycles. The second-order valence-corrected chi connectivity index (χ2v) is 10.1. The molecule has 2 N–H and O–H groups in total. The van der Waals surface area contributed by atoms with E-state index in [0.29, 0.717) is 37.4 Å². The van der Waals surface area contributed by atoms with Crippen molar-refractivity contribution in [2.45, 2.75) is 71.4 Å². The predicted octanol–water partition coefficient (Wildman–Crippen LogP) is 3.91. The summed E-state index contributed by atoms with van der Waals surface area (Å²) in [5, 5.41) is 5.68. The van der Waals surface area contributed by atoms with Crippen LogP contribution in [0.2, 0.25) is 0 Å². The van der Waals surface area contributed by atoms with Crippen molar-refractivity contribution >= 4 is 17.9 Å². The maximum Gasteiger partial charge on any atom is 0.407 e. The largest absolute Gasteiger partial charge is 0.489 e. The van der Waals surface area contributed by atoms with Gasteiger partial charge in [-0.05, 0) is 63.3 Å². The molecule has 0 spiro atoms. The van der Waals surface area contributed by atoms with Crippen LogP contribution in [-0.2, 0) is 29.3 Å². The molecule has 2 aromatic carbocycles. The van der Waals surface area contributed by atoms with Gasteiger partial charge in [0.15, 0.2) is 0 Å². The summed E-state index contributed by atoms with van der Waals surface area (Å²) in [6, 6.07) is 12.7. The number of carbonyl (C=O) groups is 3. The van der Waals surface area contributed by atoms with Crippen LogP contribution in [0.15, 0.2) is 42.5 Å². The number of ether oxygens (including phenoxy) is 2. The minimum atomic E-state index is -0.451. The van der Waals surface area contributed by atoms with Crippen molar-refractivity contribution in [2.24, 2.45) is 0 Å². The SMILES string of the molecule is CC(C)(C)NC(=O)OCc1ccc(COc2cccc3c2CN([C@H]2CCCCNC2=O)C3=O)cc1. The number of fused-ring (bicyclic) bond motifs is 1. The fourth-order valence-corrected chi connectivity index (χ4v) is 4.32. The Balaban J connectivity index is 1.36. The van der Waals surface area contributed by atoms with E-state index < -0.39 is 12.1 Å². The maximum absolute atomic E-state index is 13.1. The number of nitrogens with zero attached hydrogens (tertiary/aromatic N) is 1. The Bertz CT molecular complexity index is 1090. The van der Waals surface area contributed by atoms with E-state index >= 15 is 0 Å². The first-order valence-electron chi connectivity index (χ1n) is 12.1. The molecule has 0 saturated carbocycles. The number of alkyl carbamates (subject to hydrolysis) is 1. The third-order valence-corrected chi connectivity index (χ3v) is 6.10. The average molecular weight is 480 g/mol. The Morgan fingerprint density at radius 3 is 2.49 bits per heavy atom. The van der Waals surface area contributed by atoms with Crippen LogP contribution in [-0.4, -0.2) is 40.9 Å². The number of amides is 3. The van der Waals surface area contributed by atoms with Crippen LogP contribution in [0.5, 0.6) is 5.75 Å². The lowest BCUT2D eigenvalue weighted by atomic mass is 10.1. The minimum absolute atomic E-state index is 0.0777. The fourth-order valence-electron chi connectivity index (χ4n) is 4.32. The van der Waals surface area contributed by atoms with Gasteiger partial charge in [-0.1, -0.05) is 30.3 Å². The van der Waals surface area contributed by atoms with Crippen molar-refractivity contribution < 1.29 is 23.9 Å². The first-order valence-corrected chi connectivity index (χ1v) is 12.1. The maximum atomic E-state index is 13.1. The topological polar surface area (TPSA) is 97.0 Å². The van der Waals surface area contributed by atoms with Crippen LogP contribution in [0, 0.1) is 0 Å². The van der Waals surface area contributed by atoms with Crippen LogP contribution < -0.4 is 15.4 Å². The van der Waals surface area contributed by atoms with E-state index in [2.05, 4.69) is 10.6 Å². The van der Waals surface area contributed by atoms with Crippen LogP contribution in [0.25, 0.3) is 0 Å². The molecular formula is C27H33N3O5. The van der Waals surface area contributed by atoms with Crippen molar-refractivity contribution in [3.05, 3.63) is 64.7 Å². The summed E-state index contributed by atoms with van der Waals surface area (Å²) in [4.78, 5) is 39.1. The quantitative estimate of drug-likeness (QED) is 0.655. The number of nitrogens with one attached hydrogen (secondary N) is 2. The molecule has 1 atom stereocenters. The Hall–Kier alpha value is -3.55. The monoisotopic (exact) mass is 479 g/mol. The van der Waals surface area contributed by atoms with Gasteiger partial charge >= 0.3 is 6.09 Å². The summed E-state index contributed by atoms with van der Waals surface area (Å²) >= 11 is 0. The highest BCUT2D eigenvalue weighted by Crippen LogP contribution is 2.33. The number of carbonyl (C=O) groups excluding carboxylic acids is 3. The van der Waals surface area contributed by atoms with Gasteiger partial charge in [-0.2, -0.15) is 0 Å².